The molecule has 0 spiro atoms. The molecule has 0 radical (unpaired) electrons. The number of nitrogens with two attached hydrogens (primary N) is 1. The second-order valence-corrected chi connectivity index (χ2v) is 3.85. The number of ether oxygens (including phenoxy) is 1. The van der Waals surface area contributed by atoms with E-state index in [4.69, 9.17) is 10.6 Å². The highest BCUT2D eigenvalue weighted by atomic mass is 19.2. The maximum Gasteiger partial charge on any atom is 0.283 e. The van der Waals surface area contributed by atoms with Gasteiger partial charge in [-0.15, -0.1) is 0 Å². The van der Waals surface area contributed by atoms with Gasteiger partial charge in [0.1, 0.15) is 18.1 Å². The Morgan fingerprint density at radius 1 is 1.25 bits per heavy atom. The number of nitrogens with zero attached hydrogens (tertiary/aromatic N) is 1. The molecular weight excluding hydrogens is 268 g/mol. The van der Waals surface area contributed by atoms with E-state index < -0.39 is 17.5 Å². The van der Waals surface area contributed by atoms with Crippen LogP contribution in [-0.4, -0.2) is 10.9 Å². The number of nitrogens with one attached hydrogen (secondary N) is 1. The van der Waals surface area contributed by atoms with E-state index in [0.717, 1.165) is 12.1 Å². The van der Waals surface area contributed by atoms with Crippen LogP contribution < -0.4 is 16.0 Å². The zero-order chi connectivity index (χ0) is 14.5. The number of benzene rings is 1. The van der Waals surface area contributed by atoms with Crippen LogP contribution in [0.1, 0.15) is 16.2 Å². The summed E-state index contributed by atoms with van der Waals surface area (Å²) in [6.45, 7) is 0.0107. The molecule has 1 aromatic heterocycles. The predicted molar refractivity (Wildman–Crippen MR) is 66.6 cm³/mol. The first-order valence-electron chi connectivity index (χ1n) is 5.65. The van der Waals surface area contributed by atoms with Crippen molar-refractivity contribution in [3.05, 3.63) is 59.4 Å². The van der Waals surface area contributed by atoms with Crippen molar-refractivity contribution in [3.63, 3.8) is 0 Å². The molecule has 2 rings (SSSR count). The van der Waals surface area contributed by atoms with Gasteiger partial charge in [-0.3, -0.25) is 10.2 Å². The van der Waals surface area contributed by atoms with Crippen molar-refractivity contribution in [2.45, 2.75) is 6.61 Å². The first kappa shape index (κ1) is 13.9. The Morgan fingerprint density at radius 3 is 2.75 bits per heavy atom. The van der Waals surface area contributed by atoms with E-state index in [1.54, 1.807) is 12.1 Å². The van der Waals surface area contributed by atoms with Crippen LogP contribution in [0.15, 0.2) is 36.4 Å². The quantitative estimate of drug-likeness (QED) is 0.505. The maximum absolute atomic E-state index is 13.0. The average molecular weight is 279 g/mol. The smallest absolute Gasteiger partial charge is 0.283 e. The number of hydrogen-bond donors (Lipinski definition) is 2. The van der Waals surface area contributed by atoms with E-state index in [-0.39, 0.29) is 18.1 Å². The third kappa shape index (κ3) is 3.27. The van der Waals surface area contributed by atoms with Crippen LogP contribution in [0.3, 0.4) is 0 Å². The molecule has 1 aromatic carbocycles. The molecule has 0 atom stereocenters. The lowest BCUT2D eigenvalue weighted by atomic mass is 10.3. The number of amides is 1. The molecule has 104 valence electrons. The van der Waals surface area contributed by atoms with Gasteiger partial charge in [-0.2, -0.15) is 0 Å². The van der Waals surface area contributed by atoms with Gasteiger partial charge in [0.2, 0.25) is 0 Å². The second-order valence-electron chi connectivity index (χ2n) is 3.85. The normalized spacial score (nSPS) is 10.2. The first-order chi connectivity index (χ1) is 9.60. The Labute approximate surface area is 113 Å². The van der Waals surface area contributed by atoms with Crippen LogP contribution >= 0.6 is 0 Å². The van der Waals surface area contributed by atoms with Gasteiger partial charge in [-0.05, 0) is 24.3 Å². The van der Waals surface area contributed by atoms with E-state index in [1.807, 2.05) is 5.43 Å². The van der Waals surface area contributed by atoms with Gasteiger partial charge in [-0.1, -0.05) is 6.07 Å². The molecule has 0 fully saturated rings. The van der Waals surface area contributed by atoms with Gasteiger partial charge in [-0.25, -0.2) is 19.6 Å². The summed E-state index contributed by atoms with van der Waals surface area (Å²) in [4.78, 5) is 15.3. The number of hydrogen-bond acceptors (Lipinski definition) is 4. The molecule has 20 heavy (non-hydrogen) atoms. The van der Waals surface area contributed by atoms with Crippen molar-refractivity contribution >= 4 is 5.91 Å². The monoisotopic (exact) mass is 279 g/mol. The van der Waals surface area contributed by atoms with E-state index in [2.05, 4.69) is 4.98 Å². The summed E-state index contributed by atoms with van der Waals surface area (Å²) in [5.41, 5.74) is 2.55. The fourth-order valence-electron chi connectivity index (χ4n) is 1.48. The van der Waals surface area contributed by atoms with Gasteiger partial charge in [0.15, 0.2) is 11.6 Å². The zero-order valence-electron chi connectivity index (χ0n) is 10.3. The highest BCUT2D eigenvalue weighted by Gasteiger charge is 2.07. The van der Waals surface area contributed by atoms with Crippen molar-refractivity contribution in [2.75, 3.05) is 0 Å². The number of pyridine rings is 1. The molecule has 7 heteroatoms. The summed E-state index contributed by atoms with van der Waals surface area (Å²) in [5, 5.41) is 0. The van der Waals surface area contributed by atoms with Gasteiger partial charge < -0.3 is 4.74 Å². The number of nitrogen functional groups attached to an aromatic ring is 1. The maximum atomic E-state index is 13.0. The average Bonchev–Trinajstić information content (AvgIpc) is 2.48. The molecule has 0 saturated heterocycles. The van der Waals surface area contributed by atoms with Crippen molar-refractivity contribution in [1.82, 2.24) is 10.4 Å². The lowest BCUT2D eigenvalue weighted by molar-refractivity contribution is 0.0948. The van der Waals surface area contributed by atoms with Gasteiger partial charge in [0.25, 0.3) is 5.91 Å². The molecule has 1 heterocycles. The molecule has 0 bridgehead atoms. The fraction of sp³-hybridized carbons (Fsp3) is 0.0769. The van der Waals surface area contributed by atoms with Crippen molar-refractivity contribution in [3.8, 4) is 5.75 Å². The minimum atomic E-state index is -0.994. The van der Waals surface area contributed by atoms with E-state index >= 15 is 0 Å². The molecule has 5 nitrogen and oxygen atoms in total. The molecule has 0 aliphatic carbocycles. The van der Waals surface area contributed by atoms with Crippen molar-refractivity contribution < 1.29 is 18.3 Å². The van der Waals surface area contributed by atoms with Crippen LogP contribution in [0, 0.1) is 11.6 Å². The van der Waals surface area contributed by atoms with Crippen LogP contribution in [0.5, 0.6) is 5.75 Å². The molecule has 0 aliphatic rings. The Bertz CT molecular complexity index is 635. The lowest BCUT2D eigenvalue weighted by Gasteiger charge is -2.07. The highest BCUT2D eigenvalue weighted by molar-refractivity contribution is 5.91. The number of carbonyl (C=O) groups excluding carboxylic acids is 1. The molecule has 3 N–H and O–H groups in total. The number of carbonyl (C=O) groups is 1. The first-order valence-corrected chi connectivity index (χ1v) is 5.65. The van der Waals surface area contributed by atoms with Crippen LogP contribution in [0.25, 0.3) is 0 Å². The number of aromatic nitrogens is 1. The van der Waals surface area contributed by atoms with Crippen molar-refractivity contribution in [2.24, 2.45) is 5.84 Å². The van der Waals surface area contributed by atoms with Gasteiger partial charge in [0, 0.05) is 6.07 Å². The molecular formula is C13H11F2N3O2. The summed E-state index contributed by atoms with van der Waals surface area (Å²) < 4.78 is 31.0. The van der Waals surface area contributed by atoms with Crippen LogP contribution in [0.2, 0.25) is 0 Å². The molecule has 0 unspecified atom stereocenters. The zero-order valence-corrected chi connectivity index (χ0v) is 10.3. The Morgan fingerprint density at radius 2 is 2.05 bits per heavy atom. The molecule has 0 saturated carbocycles. The SMILES string of the molecule is NNC(=O)c1cccc(COc2ccc(F)c(F)c2)n1. The lowest BCUT2D eigenvalue weighted by Crippen LogP contribution is -2.30. The summed E-state index contributed by atoms with van der Waals surface area (Å²) in [6, 6.07) is 7.94. The van der Waals surface area contributed by atoms with Gasteiger partial charge in [0.05, 0.1) is 5.69 Å². The van der Waals surface area contributed by atoms with E-state index in [1.165, 1.54) is 12.1 Å². The number of rotatable bonds is 4. The summed E-state index contributed by atoms with van der Waals surface area (Å²) in [5.74, 6) is 2.70. The van der Waals surface area contributed by atoms with Crippen LogP contribution in [-0.2, 0) is 6.61 Å². The largest absolute Gasteiger partial charge is 0.487 e. The minimum Gasteiger partial charge on any atom is -0.487 e. The Kier molecular flexibility index (Phi) is 4.21. The Balaban J connectivity index is 2.07. The summed E-state index contributed by atoms with van der Waals surface area (Å²) in [7, 11) is 0. The molecule has 0 aliphatic heterocycles. The molecule has 2 aromatic rings. The van der Waals surface area contributed by atoms with E-state index in [0.29, 0.717) is 5.69 Å². The third-order valence-corrected chi connectivity index (χ3v) is 2.45. The third-order valence-electron chi connectivity index (χ3n) is 2.45. The summed E-state index contributed by atoms with van der Waals surface area (Å²) in [6.07, 6.45) is 0. The highest BCUT2D eigenvalue weighted by Crippen LogP contribution is 2.16. The number of halogens is 2. The van der Waals surface area contributed by atoms with Crippen molar-refractivity contribution in [1.29, 1.82) is 0 Å². The summed E-state index contributed by atoms with van der Waals surface area (Å²) >= 11 is 0. The topological polar surface area (TPSA) is 77.2 Å². The van der Waals surface area contributed by atoms with Crippen LogP contribution in [0.4, 0.5) is 8.78 Å². The Hall–Kier alpha value is -2.54. The standard InChI is InChI=1S/C13H11F2N3O2/c14-10-5-4-9(6-11(10)15)20-7-8-2-1-3-12(17-8)13(19)18-16/h1-6H,7,16H2,(H,18,19). The second kappa shape index (κ2) is 6.07. The fourth-order valence-corrected chi connectivity index (χ4v) is 1.48. The predicted octanol–water partition coefficient (Wildman–Crippen LogP) is 1.54. The number of hydrazine groups is 1. The van der Waals surface area contributed by atoms with Gasteiger partial charge >= 0.3 is 0 Å². The van der Waals surface area contributed by atoms with E-state index in [9.17, 15) is 13.6 Å². The molecule has 1 amide bonds. The minimum absolute atomic E-state index is 0.0107.